The molecular formula is C54H99N2O6P. The average molecular weight is 903 g/mol. The van der Waals surface area contributed by atoms with Crippen LogP contribution in [-0.2, 0) is 18.4 Å². The number of nitrogens with zero attached hydrogens (tertiary/aromatic N) is 1. The molecule has 0 aliphatic carbocycles. The normalized spacial score (nSPS) is 14.7. The minimum absolute atomic E-state index is 0.0148. The zero-order valence-corrected chi connectivity index (χ0v) is 42.4. The summed E-state index contributed by atoms with van der Waals surface area (Å²) in [7, 11) is 1.22. The number of rotatable bonds is 46. The molecule has 0 aromatic rings. The van der Waals surface area contributed by atoms with Gasteiger partial charge in [-0.25, -0.2) is 0 Å². The van der Waals surface area contributed by atoms with Gasteiger partial charge in [0.05, 0.1) is 39.9 Å². The van der Waals surface area contributed by atoms with Crippen molar-refractivity contribution in [1.82, 2.24) is 5.32 Å². The molecule has 2 N–H and O–H groups in total. The van der Waals surface area contributed by atoms with E-state index in [1.165, 1.54) is 116 Å². The quantitative estimate of drug-likeness (QED) is 0.0273. The lowest BCUT2D eigenvalue weighted by Crippen LogP contribution is -2.45. The lowest BCUT2D eigenvalue weighted by molar-refractivity contribution is -0.870. The summed E-state index contributed by atoms with van der Waals surface area (Å²) >= 11 is 0. The number of aliphatic hydroxyl groups is 1. The van der Waals surface area contributed by atoms with E-state index in [9.17, 15) is 19.4 Å². The average Bonchev–Trinajstić information content (AvgIpc) is 3.24. The maximum Gasteiger partial charge on any atom is 0.268 e. The summed E-state index contributed by atoms with van der Waals surface area (Å²) in [5, 5.41) is 13.8. The Balaban J connectivity index is 4.38. The number of amides is 1. The van der Waals surface area contributed by atoms with Crippen molar-refractivity contribution in [2.75, 3.05) is 40.9 Å². The molecular weight excluding hydrogens is 804 g/mol. The highest BCUT2D eigenvalue weighted by Gasteiger charge is 2.23. The number of unbranched alkanes of at least 4 members (excludes halogenated alkanes) is 23. The first-order valence-electron chi connectivity index (χ1n) is 25.8. The van der Waals surface area contributed by atoms with E-state index in [2.05, 4.69) is 79.9 Å². The monoisotopic (exact) mass is 903 g/mol. The van der Waals surface area contributed by atoms with Gasteiger partial charge in [0.25, 0.3) is 7.82 Å². The SMILES string of the molecule is CC/C=C\C/C=C\C/C=C\C/C=C\CCCCCCC(=O)NC(COP(=O)([O-])OCC[N+](C)(C)C)C(O)/C=C/CC/C=C/CCCCCCCCCCCCCCCCCCCC. The number of nitrogens with one attached hydrogen (secondary N) is 1. The molecule has 0 spiro atoms. The van der Waals surface area contributed by atoms with Gasteiger partial charge in [-0.1, -0.05) is 209 Å². The first-order chi connectivity index (χ1) is 30.5. The summed E-state index contributed by atoms with van der Waals surface area (Å²) in [6.45, 7) is 4.49. The minimum atomic E-state index is -4.61. The summed E-state index contributed by atoms with van der Waals surface area (Å²) in [6, 6.07) is -0.920. The van der Waals surface area contributed by atoms with Crippen LogP contribution in [0.25, 0.3) is 0 Å². The van der Waals surface area contributed by atoms with Gasteiger partial charge in [0.1, 0.15) is 13.2 Å². The number of carbonyl (C=O) groups excluding carboxylic acids is 1. The summed E-state index contributed by atoms with van der Waals surface area (Å²) < 4.78 is 23.2. The standard InChI is InChI=1S/C54H99N2O6P/c1-6-8-10-12-14-16-18-20-22-24-25-26-27-28-29-30-32-33-35-37-39-41-43-45-47-53(57)52(51-62-63(59,60)61-50-49-56(3,4)5)55-54(58)48-46-44-42-40-38-36-34-31-23-21-19-17-15-13-11-9-7-2/h9,11,15,17,21,23,34,36-37,39,45,47,52-53,57H,6-8,10,12-14,16,18-20,22,24-33,35,38,40-44,46,48-51H2,1-5H3,(H-,55,58,59,60)/b11-9-,17-15-,23-21-,36-34-,39-37+,47-45+. The van der Waals surface area contributed by atoms with Gasteiger partial charge in [0.2, 0.25) is 5.91 Å². The van der Waals surface area contributed by atoms with Crippen LogP contribution < -0.4 is 10.2 Å². The first kappa shape index (κ1) is 60.9. The summed E-state index contributed by atoms with van der Waals surface area (Å²) in [4.78, 5) is 25.4. The van der Waals surface area contributed by atoms with Gasteiger partial charge in [-0.3, -0.25) is 9.36 Å². The minimum Gasteiger partial charge on any atom is -0.756 e. The molecule has 0 aliphatic heterocycles. The summed E-state index contributed by atoms with van der Waals surface area (Å²) in [5.41, 5.74) is 0. The number of likely N-dealkylation sites (N-methyl/N-ethyl adjacent to an activating group) is 1. The van der Waals surface area contributed by atoms with Gasteiger partial charge in [0, 0.05) is 6.42 Å². The van der Waals surface area contributed by atoms with Crippen molar-refractivity contribution in [2.24, 2.45) is 0 Å². The highest BCUT2D eigenvalue weighted by molar-refractivity contribution is 7.45. The van der Waals surface area contributed by atoms with Gasteiger partial charge in [-0.15, -0.1) is 0 Å². The molecule has 0 bridgehead atoms. The van der Waals surface area contributed by atoms with E-state index in [0.29, 0.717) is 17.4 Å². The molecule has 0 rings (SSSR count). The number of hydrogen-bond acceptors (Lipinski definition) is 6. The van der Waals surface area contributed by atoms with E-state index in [1.807, 2.05) is 27.2 Å². The van der Waals surface area contributed by atoms with Crippen LogP contribution in [0.4, 0.5) is 0 Å². The maximum atomic E-state index is 12.9. The number of hydrogen-bond donors (Lipinski definition) is 2. The topological polar surface area (TPSA) is 108 Å². The number of allylic oxidation sites excluding steroid dienone is 11. The molecule has 0 aromatic heterocycles. The van der Waals surface area contributed by atoms with E-state index < -0.39 is 26.6 Å². The Morgan fingerprint density at radius 1 is 0.571 bits per heavy atom. The zero-order valence-electron chi connectivity index (χ0n) is 41.5. The van der Waals surface area contributed by atoms with Crippen molar-refractivity contribution < 1.29 is 32.9 Å². The van der Waals surface area contributed by atoms with Crippen LogP contribution in [0.5, 0.6) is 0 Å². The molecule has 0 aromatic carbocycles. The molecule has 63 heavy (non-hydrogen) atoms. The fourth-order valence-electron chi connectivity index (χ4n) is 7.10. The molecule has 3 unspecified atom stereocenters. The van der Waals surface area contributed by atoms with Crippen molar-refractivity contribution >= 4 is 13.7 Å². The zero-order chi connectivity index (χ0) is 46.4. The summed E-state index contributed by atoms with van der Waals surface area (Å²) in [6.07, 6.45) is 61.1. The van der Waals surface area contributed by atoms with Gasteiger partial charge >= 0.3 is 0 Å². The molecule has 3 atom stereocenters. The molecule has 8 nitrogen and oxygen atoms in total. The van der Waals surface area contributed by atoms with Crippen molar-refractivity contribution in [2.45, 2.75) is 225 Å². The Morgan fingerprint density at radius 3 is 1.48 bits per heavy atom. The molecule has 1 amide bonds. The molecule has 366 valence electrons. The van der Waals surface area contributed by atoms with Crippen molar-refractivity contribution in [3.63, 3.8) is 0 Å². The number of carbonyl (C=O) groups is 1. The van der Waals surface area contributed by atoms with Gasteiger partial charge < -0.3 is 28.8 Å². The van der Waals surface area contributed by atoms with E-state index in [4.69, 9.17) is 9.05 Å². The number of quaternary nitrogens is 1. The van der Waals surface area contributed by atoms with Crippen LogP contribution in [0.3, 0.4) is 0 Å². The van der Waals surface area contributed by atoms with Crippen LogP contribution in [0, 0.1) is 0 Å². The molecule has 0 aliphatic rings. The number of phosphoric ester groups is 1. The van der Waals surface area contributed by atoms with Crippen LogP contribution in [0.15, 0.2) is 72.9 Å². The highest BCUT2D eigenvalue weighted by Crippen LogP contribution is 2.38. The van der Waals surface area contributed by atoms with Crippen LogP contribution in [0.2, 0.25) is 0 Å². The second-order valence-corrected chi connectivity index (χ2v) is 19.9. The van der Waals surface area contributed by atoms with Crippen LogP contribution in [0.1, 0.15) is 213 Å². The van der Waals surface area contributed by atoms with E-state index in [0.717, 1.165) is 77.0 Å². The van der Waals surface area contributed by atoms with Crippen molar-refractivity contribution in [1.29, 1.82) is 0 Å². The van der Waals surface area contributed by atoms with E-state index >= 15 is 0 Å². The van der Waals surface area contributed by atoms with Crippen LogP contribution in [-0.4, -0.2) is 68.5 Å². The largest absolute Gasteiger partial charge is 0.756 e. The molecule has 0 heterocycles. The predicted octanol–water partition coefficient (Wildman–Crippen LogP) is 14.5. The third-order valence-electron chi connectivity index (χ3n) is 11.2. The third kappa shape index (κ3) is 47.7. The Kier molecular flexibility index (Phi) is 43.6. The maximum absolute atomic E-state index is 12.9. The molecule has 0 radical (unpaired) electrons. The molecule has 9 heteroatoms. The predicted molar refractivity (Wildman–Crippen MR) is 270 cm³/mol. The number of aliphatic hydroxyl groups excluding tert-OH is 1. The second kappa shape index (κ2) is 45.1. The van der Waals surface area contributed by atoms with E-state index in [-0.39, 0.29) is 12.5 Å². The lowest BCUT2D eigenvalue weighted by Gasteiger charge is -2.29. The van der Waals surface area contributed by atoms with Crippen molar-refractivity contribution in [3.05, 3.63) is 72.9 Å². The van der Waals surface area contributed by atoms with Crippen molar-refractivity contribution in [3.8, 4) is 0 Å². The Labute approximate surface area is 389 Å². The smallest absolute Gasteiger partial charge is 0.268 e. The van der Waals surface area contributed by atoms with Crippen LogP contribution >= 0.6 is 7.82 Å². The fourth-order valence-corrected chi connectivity index (χ4v) is 7.82. The second-order valence-electron chi connectivity index (χ2n) is 18.5. The molecule has 0 saturated carbocycles. The Morgan fingerprint density at radius 2 is 0.984 bits per heavy atom. The lowest BCUT2D eigenvalue weighted by atomic mass is 10.0. The Bertz CT molecular complexity index is 1250. The van der Waals surface area contributed by atoms with Gasteiger partial charge in [0.15, 0.2) is 0 Å². The molecule has 0 saturated heterocycles. The fraction of sp³-hybridized carbons (Fsp3) is 0.759. The van der Waals surface area contributed by atoms with Gasteiger partial charge in [-0.2, -0.15) is 0 Å². The van der Waals surface area contributed by atoms with Gasteiger partial charge in [-0.05, 0) is 70.6 Å². The Hall–Kier alpha value is -2.06. The highest BCUT2D eigenvalue weighted by atomic mass is 31.2. The first-order valence-corrected chi connectivity index (χ1v) is 27.3. The summed E-state index contributed by atoms with van der Waals surface area (Å²) in [5.74, 6) is -0.232. The van der Waals surface area contributed by atoms with E-state index in [1.54, 1.807) is 6.08 Å². The third-order valence-corrected chi connectivity index (χ3v) is 12.1. The molecule has 0 fully saturated rings. The number of phosphoric acid groups is 1.